The van der Waals surface area contributed by atoms with E-state index in [-0.39, 0.29) is 30.9 Å². The van der Waals surface area contributed by atoms with E-state index in [0.29, 0.717) is 5.56 Å². The minimum Gasteiger partial charge on any atom is -0.481 e. The summed E-state index contributed by atoms with van der Waals surface area (Å²) in [6.07, 6.45) is 1.69. The van der Waals surface area contributed by atoms with Crippen LogP contribution in [-0.2, 0) is 4.79 Å². The van der Waals surface area contributed by atoms with Crippen LogP contribution in [0.25, 0.3) is 0 Å². The summed E-state index contributed by atoms with van der Waals surface area (Å²) in [6, 6.07) is 5.58. The molecule has 1 atom stereocenters. The normalized spacial score (nSPS) is 15.3. The number of hydrogen-bond donors (Lipinski definition) is 2. The van der Waals surface area contributed by atoms with Crippen molar-refractivity contribution in [3.63, 3.8) is 0 Å². The van der Waals surface area contributed by atoms with E-state index in [0.717, 1.165) is 12.8 Å². The smallest absolute Gasteiger partial charge is 0.318 e. The first kappa shape index (κ1) is 15.3. The molecular formula is C15H19FN2O3. The Balaban J connectivity index is 1.98. The number of carbonyl (C=O) groups is 2. The summed E-state index contributed by atoms with van der Waals surface area (Å²) in [5, 5.41) is 11.5. The maximum atomic E-state index is 13.7. The lowest BCUT2D eigenvalue weighted by atomic mass is 10.1. The van der Waals surface area contributed by atoms with E-state index in [2.05, 4.69) is 5.32 Å². The van der Waals surface area contributed by atoms with Crippen molar-refractivity contribution in [3.05, 3.63) is 35.6 Å². The number of benzene rings is 1. The summed E-state index contributed by atoms with van der Waals surface area (Å²) >= 11 is 0. The molecule has 1 fully saturated rings. The largest absolute Gasteiger partial charge is 0.481 e. The summed E-state index contributed by atoms with van der Waals surface area (Å²) in [5.74, 6) is -1.30. The van der Waals surface area contributed by atoms with E-state index < -0.39 is 12.0 Å². The van der Waals surface area contributed by atoms with Gasteiger partial charge in [0.15, 0.2) is 0 Å². The Hall–Kier alpha value is -2.11. The molecule has 2 N–H and O–H groups in total. The molecule has 1 aliphatic rings. The Labute approximate surface area is 122 Å². The van der Waals surface area contributed by atoms with Crippen LogP contribution in [0.5, 0.6) is 0 Å². The van der Waals surface area contributed by atoms with E-state index in [9.17, 15) is 14.0 Å². The maximum Gasteiger partial charge on any atom is 0.318 e. The molecule has 0 radical (unpaired) electrons. The minimum atomic E-state index is -0.935. The van der Waals surface area contributed by atoms with Gasteiger partial charge in [0.05, 0.1) is 12.5 Å². The number of carboxylic acids is 1. The average Bonchev–Trinajstić information content (AvgIpc) is 3.23. The highest BCUT2D eigenvalue weighted by molar-refractivity contribution is 5.76. The average molecular weight is 294 g/mol. The monoisotopic (exact) mass is 294 g/mol. The van der Waals surface area contributed by atoms with Gasteiger partial charge in [0.25, 0.3) is 0 Å². The molecule has 1 unspecified atom stereocenters. The van der Waals surface area contributed by atoms with Gasteiger partial charge in [-0.3, -0.25) is 4.79 Å². The van der Waals surface area contributed by atoms with E-state index >= 15 is 0 Å². The number of amides is 2. The van der Waals surface area contributed by atoms with Crippen molar-refractivity contribution in [2.45, 2.75) is 38.3 Å². The lowest BCUT2D eigenvalue weighted by molar-refractivity contribution is -0.137. The van der Waals surface area contributed by atoms with Crippen molar-refractivity contribution in [2.75, 3.05) is 6.54 Å². The van der Waals surface area contributed by atoms with Crippen LogP contribution in [0.4, 0.5) is 9.18 Å². The van der Waals surface area contributed by atoms with Gasteiger partial charge in [0, 0.05) is 18.2 Å². The zero-order chi connectivity index (χ0) is 15.4. The van der Waals surface area contributed by atoms with Crippen LogP contribution in [0.2, 0.25) is 0 Å². The molecule has 1 aromatic carbocycles. The molecule has 0 spiro atoms. The molecule has 5 nitrogen and oxygen atoms in total. The Bertz CT molecular complexity index is 531. The first-order valence-electron chi connectivity index (χ1n) is 7.02. The van der Waals surface area contributed by atoms with Crippen LogP contribution in [0, 0.1) is 5.82 Å². The highest BCUT2D eigenvalue weighted by atomic mass is 19.1. The maximum absolute atomic E-state index is 13.7. The van der Waals surface area contributed by atoms with E-state index in [1.54, 1.807) is 25.1 Å². The van der Waals surface area contributed by atoms with Gasteiger partial charge in [-0.15, -0.1) is 0 Å². The quantitative estimate of drug-likeness (QED) is 0.847. The zero-order valence-electron chi connectivity index (χ0n) is 11.9. The van der Waals surface area contributed by atoms with Crippen molar-refractivity contribution in [2.24, 2.45) is 0 Å². The van der Waals surface area contributed by atoms with Crippen LogP contribution in [0.3, 0.4) is 0 Å². The number of aliphatic carboxylic acids is 1. The van der Waals surface area contributed by atoms with Gasteiger partial charge in [-0.05, 0) is 25.8 Å². The van der Waals surface area contributed by atoms with Crippen LogP contribution >= 0.6 is 0 Å². The van der Waals surface area contributed by atoms with Crippen LogP contribution in [0.1, 0.15) is 37.8 Å². The van der Waals surface area contributed by atoms with Crippen molar-refractivity contribution in [3.8, 4) is 0 Å². The van der Waals surface area contributed by atoms with E-state index in [1.807, 2.05) is 0 Å². The number of halogens is 1. The Morgan fingerprint density at radius 1 is 1.43 bits per heavy atom. The fourth-order valence-corrected chi connectivity index (χ4v) is 2.22. The third-order valence-corrected chi connectivity index (χ3v) is 3.53. The molecule has 2 amide bonds. The van der Waals surface area contributed by atoms with Gasteiger partial charge in [-0.1, -0.05) is 18.2 Å². The summed E-state index contributed by atoms with van der Waals surface area (Å²) in [5.41, 5.74) is 0.417. The number of rotatable bonds is 6. The van der Waals surface area contributed by atoms with Gasteiger partial charge in [0.2, 0.25) is 0 Å². The lowest BCUT2D eigenvalue weighted by Gasteiger charge is -2.25. The van der Waals surface area contributed by atoms with Crippen molar-refractivity contribution in [1.82, 2.24) is 10.2 Å². The molecule has 0 saturated heterocycles. The Morgan fingerprint density at radius 2 is 2.10 bits per heavy atom. The Kier molecular flexibility index (Phi) is 4.77. The molecule has 6 heteroatoms. The van der Waals surface area contributed by atoms with E-state index in [4.69, 9.17) is 5.11 Å². The summed E-state index contributed by atoms with van der Waals surface area (Å²) in [4.78, 5) is 24.4. The second kappa shape index (κ2) is 6.56. The second-order valence-corrected chi connectivity index (χ2v) is 5.26. The van der Waals surface area contributed by atoms with E-state index in [1.165, 1.54) is 11.0 Å². The first-order valence-corrected chi connectivity index (χ1v) is 7.02. The molecule has 0 bridgehead atoms. The summed E-state index contributed by atoms with van der Waals surface area (Å²) in [7, 11) is 0. The molecule has 0 heterocycles. The SMILES string of the molecule is CC(NC(=O)N(CCC(=O)O)C1CC1)c1ccccc1F. The molecule has 0 aromatic heterocycles. The first-order chi connectivity index (χ1) is 9.99. The third kappa shape index (κ3) is 4.18. The molecular weight excluding hydrogens is 275 g/mol. The van der Waals surface area contributed by atoms with Crippen LogP contribution in [0.15, 0.2) is 24.3 Å². The fraction of sp³-hybridized carbons (Fsp3) is 0.467. The molecule has 1 saturated carbocycles. The predicted molar refractivity (Wildman–Crippen MR) is 75.3 cm³/mol. The number of carbonyl (C=O) groups excluding carboxylic acids is 1. The molecule has 0 aliphatic heterocycles. The second-order valence-electron chi connectivity index (χ2n) is 5.26. The van der Waals surface area contributed by atoms with Gasteiger partial charge < -0.3 is 15.3 Å². The van der Waals surface area contributed by atoms with Crippen molar-refractivity contribution < 1.29 is 19.1 Å². The number of nitrogens with zero attached hydrogens (tertiary/aromatic N) is 1. The third-order valence-electron chi connectivity index (χ3n) is 3.53. The zero-order valence-corrected chi connectivity index (χ0v) is 11.9. The van der Waals surface area contributed by atoms with Gasteiger partial charge in [-0.2, -0.15) is 0 Å². The van der Waals surface area contributed by atoms with Crippen molar-refractivity contribution in [1.29, 1.82) is 0 Å². The molecule has 1 aliphatic carbocycles. The lowest BCUT2D eigenvalue weighted by Crippen LogP contribution is -2.43. The molecule has 1 aromatic rings. The predicted octanol–water partition coefficient (Wildman–Crippen LogP) is 2.54. The summed E-state index contributed by atoms with van der Waals surface area (Å²) < 4.78 is 13.7. The molecule has 21 heavy (non-hydrogen) atoms. The van der Waals surface area contributed by atoms with Crippen LogP contribution in [-0.4, -0.2) is 34.6 Å². The topological polar surface area (TPSA) is 69.6 Å². The molecule has 2 rings (SSSR count). The van der Waals surface area contributed by atoms with Gasteiger partial charge in [0.1, 0.15) is 5.82 Å². The highest BCUT2D eigenvalue weighted by Crippen LogP contribution is 2.27. The van der Waals surface area contributed by atoms with Gasteiger partial charge >= 0.3 is 12.0 Å². The standard InChI is InChI=1S/C15H19FN2O3/c1-10(12-4-2-3-5-13(12)16)17-15(21)18(11-6-7-11)9-8-14(19)20/h2-5,10-11H,6-9H2,1H3,(H,17,21)(H,19,20). The number of nitrogens with one attached hydrogen (secondary N) is 1. The number of hydrogen-bond acceptors (Lipinski definition) is 2. The van der Waals surface area contributed by atoms with Crippen molar-refractivity contribution >= 4 is 12.0 Å². The minimum absolute atomic E-state index is 0.0853. The number of urea groups is 1. The molecule has 114 valence electrons. The number of carboxylic acid groups (broad SMARTS) is 1. The summed E-state index contributed by atoms with van der Waals surface area (Å²) in [6.45, 7) is 1.88. The fourth-order valence-electron chi connectivity index (χ4n) is 2.22. The Morgan fingerprint density at radius 3 is 2.67 bits per heavy atom. The highest BCUT2D eigenvalue weighted by Gasteiger charge is 2.33. The van der Waals surface area contributed by atoms with Gasteiger partial charge in [-0.25, -0.2) is 9.18 Å². The van der Waals surface area contributed by atoms with Crippen LogP contribution < -0.4 is 5.32 Å².